The number of thiazole rings is 1. The van der Waals surface area contributed by atoms with E-state index in [4.69, 9.17) is 0 Å². The first-order chi connectivity index (χ1) is 13.3. The van der Waals surface area contributed by atoms with E-state index in [1.165, 1.54) is 38.4 Å². The monoisotopic (exact) mass is 415 g/mol. The highest BCUT2D eigenvalue weighted by Gasteiger charge is 2.18. The smallest absolute Gasteiger partial charge is 0.251 e. The molecule has 0 aliphatic carbocycles. The summed E-state index contributed by atoms with van der Waals surface area (Å²) in [6, 6.07) is 15.8. The second-order valence-corrected chi connectivity index (χ2v) is 9.62. The zero-order valence-corrected chi connectivity index (χ0v) is 17.5. The van der Waals surface area contributed by atoms with Crippen LogP contribution in [0.15, 0.2) is 59.5 Å². The molecule has 6 nitrogen and oxygen atoms in total. The average molecular weight is 416 g/mol. The van der Waals surface area contributed by atoms with Gasteiger partial charge < -0.3 is 5.32 Å². The highest BCUT2D eigenvalue weighted by Crippen LogP contribution is 2.27. The lowest BCUT2D eigenvalue weighted by Crippen LogP contribution is -2.24. The Hall–Kier alpha value is -2.55. The van der Waals surface area contributed by atoms with E-state index in [9.17, 15) is 13.2 Å². The Morgan fingerprint density at radius 1 is 1.07 bits per heavy atom. The first-order valence-corrected chi connectivity index (χ1v) is 10.9. The maximum atomic E-state index is 12.4. The lowest BCUT2D eigenvalue weighted by molar-refractivity contribution is 0.0951. The Morgan fingerprint density at radius 2 is 1.71 bits per heavy atom. The van der Waals surface area contributed by atoms with Crippen molar-refractivity contribution in [2.24, 2.45) is 0 Å². The van der Waals surface area contributed by atoms with Gasteiger partial charge in [0, 0.05) is 30.1 Å². The van der Waals surface area contributed by atoms with Crippen LogP contribution in [0.25, 0.3) is 10.6 Å². The minimum atomic E-state index is -3.51. The van der Waals surface area contributed by atoms with Crippen molar-refractivity contribution in [2.45, 2.75) is 18.4 Å². The highest BCUT2D eigenvalue weighted by atomic mass is 32.2. The number of sulfonamides is 1. The van der Waals surface area contributed by atoms with E-state index in [1.54, 1.807) is 11.3 Å². The summed E-state index contributed by atoms with van der Waals surface area (Å²) in [4.78, 5) is 18.1. The fraction of sp³-hybridized carbons (Fsp3) is 0.200. The molecule has 3 rings (SSSR count). The molecular weight excluding hydrogens is 394 g/mol. The van der Waals surface area contributed by atoms with Crippen molar-refractivity contribution < 1.29 is 13.2 Å². The van der Waals surface area contributed by atoms with Gasteiger partial charge in [0.1, 0.15) is 5.01 Å². The second kappa shape index (κ2) is 8.22. The van der Waals surface area contributed by atoms with Crippen LogP contribution >= 0.6 is 11.3 Å². The van der Waals surface area contributed by atoms with Crippen LogP contribution in [0.5, 0.6) is 0 Å². The quantitative estimate of drug-likeness (QED) is 0.670. The van der Waals surface area contributed by atoms with Crippen molar-refractivity contribution in [1.82, 2.24) is 14.6 Å². The molecule has 8 heteroatoms. The average Bonchev–Trinajstić information content (AvgIpc) is 3.07. The van der Waals surface area contributed by atoms with Crippen molar-refractivity contribution in [3.05, 3.63) is 70.7 Å². The fourth-order valence-corrected chi connectivity index (χ4v) is 4.46. The van der Waals surface area contributed by atoms with Gasteiger partial charge in [0.25, 0.3) is 5.91 Å². The van der Waals surface area contributed by atoms with E-state index in [0.29, 0.717) is 12.1 Å². The van der Waals surface area contributed by atoms with Crippen LogP contribution in [0.1, 0.15) is 20.9 Å². The van der Waals surface area contributed by atoms with Crippen molar-refractivity contribution in [1.29, 1.82) is 0 Å². The molecule has 1 N–H and O–H groups in total. The third kappa shape index (κ3) is 4.30. The number of hydrogen-bond acceptors (Lipinski definition) is 5. The molecule has 0 aliphatic heterocycles. The van der Waals surface area contributed by atoms with Crippen LogP contribution < -0.4 is 5.32 Å². The summed E-state index contributed by atoms with van der Waals surface area (Å²) in [7, 11) is -0.570. The largest absolute Gasteiger partial charge is 0.347 e. The van der Waals surface area contributed by atoms with Gasteiger partial charge in [-0.05, 0) is 31.2 Å². The van der Waals surface area contributed by atoms with Gasteiger partial charge in [-0.1, -0.05) is 30.3 Å². The molecule has 0 saturated carbocycles. The van der Waals surface area contributed by atoms with Gasteiger partial charge in [0.15, 0.2) is 0 Å². The van der Waals surface area contributed by atoms with Gasteiger partial charge in [0.2, 0.25) is 10.0 Å². The van der Waals surface area contributed by atoms with Crippen molar-refractivity contribution >= 4 is 27.3 Å². The number of aryl methyl sites for hydroxylation is 1. The summed E-state index contributed by atoms with van der Waals surface area (Å²) in [5, 5.41) is 3.79. The Morgan fingerprint density at radius 3 is 2.32 bits per heavy atom. The number of aromatic nitrogens is 1. The minimum absolute atomic E-state index is 0.153. The molecule has 28 heavy (non-hydrogen) atoms. The minimum Gasteiger partial charge on any atom is -0.347 e. The molecule has 0 atom stereocenters. The molecule has 0 radical (unpaired) electrons. The molecular formula is C20H21N3O3S2. The lowest BCUT2D eigenvalue weighted by Gasteiger charge is -2.11. The van der Waals surface area contributed by atoms with Crippen LogP contribution in [0.2, 0.25) is 0 Å². The van der Waals surface area contributed by atoms with E-state index < -0.39 is 10.0 Å². The van der Waals surface area contributed by atoms with Crippen LogP contribution in [-0.2, 0) is 16.6 Å². The van der Waals surface area contributed by atoms with Crippen molar-refractivity contribution in [3.8, 4) is 10.6 Å². The summed E-state index contributed by atoms with van der Waals surface area (Å²) >= 11 is 1.55. The number of nitrogens with one attached hydrogen (secondary N) is 1. The van der Waals surface area contributed by atoms with E-state index in [2.05, 4.69) is 10.3 Å². The predicted octanol–water partition coefficient (Wildman–Crippen LogP) is 3.30. The zero-order valence-electron chi connectivity index (χ0n) is 15.8. The molecule has 0 unspecified atom stereocenters. The lowest BCUT2D eigenvalue weighted by atomic mass is 10.2. The van der Waals surface area contributed by atoms with E-state index in [-0.39, 0.29) is 10.8 Å². The number of rotatable bonds is 6. The van der Waals surface area contributed by atoms with Crippen LogP contribution in [-0.4, -0.2) is 37.7 Å². The third-order valence-corrected chi connectivity index (χ3v) is 7.25. The number of nitrogens with zero attached hydrogens (tertiary/aromatic N) is 2. The molecule has 0 saturated heterocycles. The maximum Gasteiger partial charge on any atom is 0.251 e. The molecule has 0 aliphatic rings. The molecule has 0 bridgehead atoms. The van der Waals surface area contributed by atoms with E-state index >= 15 is 0 Å². The first-order valence-electron chi connectivity index (χ1n) is 8.61. The standard InChI is InChI=1S/C20H21N3O3S2/c1-14-18(27-20(22-14)16-7-5-4-6-8-16)13-21-19(24)15-9-11-17(12-10-15)28(25,26)23(2)3/h4-12H,13H2,1-3H3,(H,21,24). The fourth-order valence-electron chi connectivity index (χ4n) is 2.55. The first kappa shape index (κ1) is 20.2. The van der Waals surface area contributed by atoms with E-state index in [1.807, 2.05) is 37.3 Å². The van der Waals surface area contributed by atoms with Gasteiger partial charge in [-0.15, -0.1) is 11.3 Å². The second-order valence-electron chi connectivity index (χ2n) is 6.39. The van der Waals surface area contributed by atoms with Crippen molar-refractivity contribution in [3.63, 3.8) is 0 Å². The Labute approximate surface area is 168 Å². The highest BCUT2D eigenvalue weighted by molar-refractivity contribution is 7.89. The Bertz CT molecular complexity index is 1070. The van der Waals surface area contributed by atoms with E-state index in [0.717, 1.165) is 25.4 Å². The number of amides is 1. The Balaban J connectivity index is 1.69. The molecule has 3 aromatic rings. The molecule has 1 amide bonds. The van der Waals surface area contributed by atoms with Crippen LogP contribution in [0.3, 0.4) is 0 Å². The number of benzene rings is 2. The summed E-state index contributed by atoms with van der Waals surface area (Å²) in [5.41, 5.74) is 2.34. The predicted molar refractivity (Wildman–Crippen MR) is 111 cm³/mol. The van der Waals surface area contributed by atoms with Crippen LogP contribution in [0, 0.1) is 6.92 Å². The van der Waals surface area contributed by atoms with Crippen molar-refractivity contribution in [2.75, 3.05) is 14.1 Å². The normalized spacial score (nSPS) is 11.6. The summed E-state index contributed by atoms with van der Waals surface area (Å²) in [6.07, 6.45) is 0. The number of carbonyl (C=O) groups excluding carboxylic acids is 1. The topological polar surface area (TPSA) is 79.4 Å². The number of carbonyl (C=O) groups is 1. The third-order valence-electron chi connectivity index (χ3n) is 4.22. The Kier molecular flexibility index (Phi) is 5.93. The van der Waals surface area contributed by atoms with Gasteiger partial charge in [-0.25, -0.2) is 17.7 Å². The summed E-state index contributed by atoms with van der Waals surface area (Å²) < 4.78 is 25.3. The summed E-state index contributed by atoms with van der Waals surface area (Å²) in [5.74, 6) is -0.261. The molecule has 0 spiro atoms. The zero-order chi connectivity index (χ0) is 20.3. The van der Waals surface area contributed by atoms with Gasteiger partial charge in [-0.2, -0.15) is 0 Å². The van der Waals surface area contributed by atoms with Gasteiger partial charge in [0.05, 0.1) is 17.1 Å². The molecule has 146 valence electrons. The molecule has 2 aromatic carbocycles. The van der Waals surface area contributed by atoms with Gasteiger partial charge in [-0.3, -0.25) is 4.79 Å². The van der Waals surface area contributed by atoms with Crippen LogP contribution in [0.4, 0.5) is 0 Å². The molecule has 1 aromatic heterocycles. The molecule has 1 heterocycles. The molecule has 0 fully saturated rings. The maximum absolute atomic E-state index is 12.4. The van der Waals surface area contributed by atoms with Gasteiger partial charge >= 0.3 is 0 Å². The summed E-state index contributed by atoms with van der Waals surface area (Å²) in [6.45, 7) is 2.29. The SMILES string of the molecule is Cc1nc(-c2ccccc2)sc1CNC(=O)c1ccc(S(=O)(=O)N(C)C)cc1. The number of hydrogen-bond donors (Lipinski definition) is 1.